The highest BCUT2D eigenvalue weighted by atomic mass is 35.5. The zero-order valence-corrected chi connectivity index (χ0v) is 16.9. The molecule has 1 aliphatic heterocycles. The number of primary amides is 1. The van der Waals surface area contributed by atoms with Crippen molar-refractivity contribution in [2.24, 2.45) is 10.7 Å². The van der Waals surface area contributed by atoms with Gasteiger partial charge in [-0.25, -0.2) is 4.99 Å². The number of nitrogens with zero attached hydrogens (tertiary/aromatic N) is 2. The molecule has 1 unspecified atom stereocenters. The number of amides is 2. The molecule has 0 aromatic heterocycles. The first kappa shape index (κ1) is 20.2. The van der Waals surface area contributed by atoms with Crippen molar-refractivity contribution in [3.8, 4) is 5.75 Å². The van der Waals surface area contributed by atoms with E-state index in [1.54, 1.807) is 36.3 Å². The van der Waals surface area contributed by atoms with Gasteiger partial charge in [0.15, 0.2) is 5.17 Å². The third kappa shape index (κ3) is 5.05. The van der Waals surface area contributed by atoms with Crippen LogP contribution in [-0.2, 0) is 16.0 Å². The van der Waals surface area contributed by atoms with Crippen molar-refractivity contribution < 1.29 is 14.3 Å². The van der Waals surface area contributed by atoms with Crippen LogP contribution >= 0.6 is 23.4 Å². The van der Waals surface area contributed by atoms with E-state index in [9.17, 15) is 9.59 Å². The van der Waals surface area contributed by atoms with Crippen LogP contribution in [0.3, 0.4) is 0 Å². The third-order valence-corrected chi connectivity index (χ3v) is 5.67. The lowest BCUT2D eigenvalue weighted by atomic mass is 10.1. The highest BCUT2D eigenvalue weighted by Gasteiger charge is 2.38. The molecule has 2 N–H and O–H groups in total. The smallest absolute Gasteiger partial charge is 0.242 e. The van der Waals surface area contributed by atoms with Crippen LogP contribution in [0.2, 0.25) is 5.02 Å². The molecule has 0 spiro atoms. The Morgan fingerprint density at radius 1 is 1.21 bits per heavy atom. The van der Waals surface area contributed by atoms with Crippen LogP contribution in [0.15, 0.2) is 53.5 Å². The van der Waals surface area contributed by atoms with E-state index in [4.69, 9.17) is 22.1 Å². The summed E-state index contributed by atoms with van der Waals surface area (Å²) in [4.78, 5) is 30.3. The Morgan fingerprint density at radius 3 is 2.50 bits per heavy atom. The van der Waals surface area contributed by atoms with Crippen molar-refractivity contribution in [2.45, 2.75) is 18.1 Å². The molecular formula is C20H20ClN3O3S. The number of benzene rings is 2. The highest BCUT2D eigenvalue weighted by molar-refractivity contribution is 8.15. The summed E-state index contributed by atoms with van der Waals surface area (Å²) in [7, 11) is 1.62. The van der Waals surface area contributed by atoms with Gasteiger partial charge in [0, 0.05) is 18.0 Å². The fourth-order valence-electron chi connectivity index (χ4n) is 2.77. The molecular weight excluding hydrogens is 398 g/mol. The molecule has 2 aromatic rings. The quantitative estimate of drug-likeness (QED) is 0.748. The lowest BCUT2D eigenvalue weighted by Gasteiger charge is -2.16. The molecule has 0 bridgehead atoms. The molecule has 6 nitrogen and oxygen atoms in total. The molecule has 2 aromatic carbocycles. The van der Waals surface area contributed by atoms with Gasteiger partial charge >= 0.3 is 0 Å². The van der Waals surface area contributed by atoms with E-state index in [-0.39, 0.29) is 12.3 Å². The number of thioether (sulfide) groups is 1. The van der Waals surface area contributed by atoms with Crippen LogP contribution in [-0.4, -0.2) is 40.8 Å². The predicted octanol–water partition coefficient (Wildman–Crippen LogP) is 3.40. The van der Waals surface area contributed by atoms with Gasteiger partial charge in [-0.05, 0) is 48.4 Å². The average molecular weight is 418 g/mol. The molecule has 146 valence electrons. The van der Waals surface area contributed by atoms with E-state index in [0.717, 1.165) is 11.3 Å². The van der Waals surface area contributed by atoms with Crippen LogP contribution in [0.1, 0.15) is 12.0 Å². The van der Waals surface area contributed by atoms with Crippen molar-refractivity contribution in [3.63, 3.8) is 0 Å². The summed E-state index contributed by atoms with van der Waals surface area (Å²) in [5.74, 6) is 0.127. The Labute approximate surface area is 172 Å². The first-order valence-electron chi connectivity index (χ1n) is 8.70. The molecule has 0 saturated carbocycles. The predicted molar refractivity (Wildman–Crippen MR) is 112 cm³/mol. The van der Waals surface area contributed by atoms with E-state index in [1.165, 1.54) is 11.8 Å². The van der Waals surface area contributed by atoms with Gasteiger partial charge in [0.25, 0.3) is 0 Å². The summed E-state index contributed by atoms with van der Waals surface area (Å²) in [5.41, 5.74) is 7.06. The SMILES string of the molecule is COc1ccc(CCN2C(=O)C(CC(N)=O)SC2=Nc2ccc(Cl)cc2)cc1. The Kier molecular flexibility index (Phi) is 6.59. The summed E-state index contributed by atoms with van der Waals surface area (Å²) in [6.07, 6.45) is 0.640. The minimum absolute atomic E-state index is 0.0117. The summed E-state index contributed by atoms with van der Waals surface area (Å²) >= 11 is 7.19. The largest absolute Gasteiger partial charge is 0.497 e. The van der Waals surface area contributed by atoms with Crippen LogP contribution in [0, 0.1) is 0 Å². The average Bonchev–Trinajstić information content (AvgIpc) is 2.96. The maximum absolute atomic E-state index is 12.8. The first-order valence-corrected chi connectivity index (χ1v) is 9.95. The number of carbonyl (C=O) groups excluding carboxylic acids is 2. The van der Waals surface area contributed by atoms with Gasteiger partial charge in [-0.3, -0.25) is 14.5 Å². The number of halogens is 1. The third-order valence-electron chi connectivity index (χ3n) is 4.24. The number of carbonyl (C=O) groups is 2. The zero-order chi connectivity index (χ0) is 20.1. The number of rotatable bonds is 7. The summed E-state index contributed by atoms with van der Waals surface area (Å²) in [6.45, 7) is 0.458. The van der Waals surface area contributed by atoms with Gasteiger partial charge in [-0.2, -0.15) is 0 Å². The number of nitrogens with two attached hydrogens (primary N) is 1. The number of amidine groups is 1. The number of aliphatic imine (C=N–C) groups is 1. The molecule has 1 saturated heterocycles. The number of ether oxygens (including phenoxy) is 1. The van der Waals surface area contributed by atoms with E-state index >= 15 is 0 Å². The van der Waals surface area contributed by atoms with Crippen LogP contribution in [0.4, 0.5) is 5.69 Å². The van der Waals surface area contributed by atoms with Crippen molar-refractivity contribution in [1.29, 1.82) is 0 Å². The number of hydrogen-bond acceptors (Lipinski definition) is 5. The summed E-state index contributed by atoms with van der Waals surface area (Å²) in [5, 5.41) is 0.633. The molecule has 0 aliphatic carbocycles. The second kappa shape index (κ2) is 9.12. The number of hydrogen-bond donors (Lipinski definition) is 1. The van der Waals surface area contributed by atoms with Crippen molar-refractivity contribution in [3.05, 3.63) is 59.1 Å². The number of methoxy groups -OCH3 is 1. The summed E-state index contributed by atoms with van der Waals surface area (Å²) in [6, 6.07) is 14.7. The fraction of sp³-hybridized carbons (Fsp3) is 0.250. The standard InChI is InChI=1S/C20H20ClN3O3S/c1-27-16-8-2-13(3-9-16)10-11-24-19(26)17(12-18(22)25)28-20(24)23-15-6-4-14(21)5-7-15/h2-9,17H,10-12H2,1H3,(H2,22,25). The lowest BCUT2D eigenvalue weighted by molar-refractivity contribution is -0.128. The van der Waals surface area contributed by atoms with E-state index in [1.807, 2.05) is 24.3 Å². The lowest BCUT2D eigenvalue weighted by Crippen LogP contribution is -2.35. The molecule has 1 aliphatic rings. The normalized spacial score (nSPS) is 17.9. The summed E-state index contributed by atoms with van der Waals surface area (Å²) < 4.78 is 5.17. The minimum atomic E-state index is -0.542. The van der Waals surface area contributed by atoms with Gasteiger partial charge in [0.05, 0.1) is 12.8 Å². The maximum atomic E-state index is 12.8. The van der Waals surface area contributed by atoms with E-state index in [2.05, 4.69) is 4.99 Å². The minimum Gasteiger partial charge on any atom is -0.497 e. The van der Waals surface area contributed by atoms with Gasteiger partial charge in [-0.15, -0.1) is 0 Å². The van der Waals surface area contributed by atoms with Crippen molar-refractivity contribution in [1.82, 2.24) is 4.90 Å². The second-order valence-electron chi connectivity index (χ2n) is 6.24. The fourth-order valence-corrected chi connectivity index (χ4v) is 4.10. The monoisotopic (exact) mass is 417 g/mol. The van der Waals surface area contributed by atoms with Gasteiger partial charge in [0.2, 0.25) is 11.8 Å². The molecule has 1 fully saturated rings. The molecule has 28 heavy (non-hydrogen) atoms. The van der Waals surface area contributed by atoms with E-state index < -0.39 is 11.2 Å². The Bertz CT molecular complexity index is 885. The molecule has 1 heterocycles. The van der Waals surface area contributed by atoms with Gasteiger partial charge in [-0.1, -0.05) is 35.5 Å². The van der Waals surface area contributed by atoms with Gasteiger partial charge in [0.1, 0.15) is 11.0 Å². The topological polar surface area (TPSA) is 85.0 Å². The molecule has 0 radical (unpaired) electrons. The van der Waals surface area contributed by atoms with E-state index in [0.29, 0.717) is 28.8 Å². The van der Waals surface area contributed by atoms with Crippen molar-refractivity contribution in [2.75, 3.05) is 13.7 Å². The second-order valence-corrected chi connectivity index (χ2v) is 7.84. The molecule has 8 heteroatoms. The van der Waals surface area contributed by atoms with Crippen LogP contribution in [0.25, 0.3) is 0 Å². The Hall–Kier alpha value is -2.51. The molecule has 2 amide bonds. The highest BCUT2D eigenvalue weighted by Crippen LogP contribution is 2.32. The maximum Gasteiger partial charge on any atom is 0.242 e. The Morgan fingerprint density at radius 2 is 1.89 bits per heavy atom. The van der Waals surface area contributed by atoms with Crippen LogP contribution in [0.5, 0.6) is 5.75 Å². The van der Waals surface area contributed by atoms with Crippen molar-refractivity contribution >= 4 is 46.0 Å². The molecule has 1 atom stereocenters. The van der Waals surface area contributed by atoms with Crippen LogP contribution < -0.4 is 10.5 Å². The van der Waals surface area contributed by atoms with Gasteiger partial charge < -0.3 is 10.5 Å². The molecule has 3 rings (SSSR count). The Balaban J connectivity index is 1.79. The zero-order valence-electron chi connectivity index (χ0n) is 15.3. The first-order chi connectivity index (χ1) is 13.5.